The number of nitrogens with zero attached hydrogens (tertiary/aromatic N) is 4. The number of allylic oxidation sites excluding steroid dienone is 1. The molecular weight excluding hydrogens is 342 g/mol. The van der Waals surface area contributed by atoms with Crippen LogP contribution < -0.4 is 5.32 Å². The highest BCUT2D eigenvalue weighted by Crippen LogP contribution is 2.27. The van der Waals surface area contributed by atoms with Crippen LogP contribution in [0.5, 0.6) is 0 Å². The first-order valence-electron chi connectivity index (χ1n) is 8.34. The van der Waals surface area contributed by atoms with Gasteiger partial charge in [0.1, 0.15) is 22.5 Å². The Kier molecular flexibility index (Phi) is 4.92. The van der Waals surface area contributed by atoms with Gasteiger partial charge in [-0.3, -0.25) is 0 Å². The molecule has 0 aliphatic heterocycles. The molecule has 0 spiro atoms. The summed E-state index contributed by atoms with van der Waals surface area (Å²) in [6.45, 7) is 8.30. The van der Waals surface area contributed by atoms with E-state index >= 15 is 0 Å². The molecule has 26 heavy (non-hydrogen) atoms. The van der Waals surface area contributed by atoms with Crippen molar-refractivity contribution in [3.8, 4) is 11.8 Å². The van der Waals surface area contributed by atoms with Crippen LogP contribution >= 0.6 is 11.3 Å². The van der Waals surface area contributed by atoms with E-state index in [1.807, 2.05) is 53.4 Å². The molecule has 6 heteroatoms. The molecule has 0 bridgehead atoms. The smallest absolute Gasteiger partial charge is 0.135 e. The molecule has 2 heterocycles. The molecule has 0 aliphatic rings. The van der Waals surface area contributed by atoms with Gasteiger partial charge in [-0.2, -0.15) is 10.4 Å². The lowest BCUT2D eigenvalue weighted by Gasteiger charge is -2.14. The third kappa shape index (κ3) is 3.84. The minimum absolute atomic E-state index is 0.0787. The quantitative estimate of drug-likeness (QED) is 0.669. The Hall–Kier alpha value is -2.91. The van der Waals surface area contributed by atoms with Crippen molar-refractivity contribution in [1.29, 1.82) is 5.26 Å². The van der Waals surface area contributed by atoms with Gasteiger partial charge in [-0.15, -0.1) is 11.3 Å². The molecule has 3 aromatic rings. The third-order valence-electron chi connectivity index (χ3n) is 3.81. The number of aryl methyl sites for hydroxylation is 1. The first-order chi connectivity index (χ1) is 12.4. The van der Waals surface area contributed by atoms with Gasteiger partial charge >= 0.3 is 0 Å². The number of hydrogen-bond donors (Lipinski definition) is 1. The molecule has 1 N–H and O–H groups in total. The van der Waals surface area contributed by atoms with Crippen LogP contribution in [0.1, 0.15) is 37.2 Å². The highest BCUT2D eigenvalue weighted by molar-refractivity contribution is 7.10. The van der Waals surface area contributed by atoms with Gasteiger partial charge in [0.25, 0.3) is 0 Å². The Morgan fingerprint density at radius 2 is 2.00 bits per heavy atom. The fourth-order valence-electron chi connectivity index (χ4n) is 2.38. The third-order valence-corrected chi connectivity index (χ3v) is 4.81. The average Bonchev–Trinajstić information content (AvgIpc) is 3.23. The van der Waals surface area contributed by atoms with Gasteiger partial charge in [0.05, 0.1) is 11.4 Å². The van der Waals surface area contributed by atoms with Crippen molar-refractivity contribution in [2.75, 3.05) is 5.32 Å². The molecule has 5 nitrogen and oxygen atoms in total. The predicted molar refractivity (Wildman–Crippen MR) is 106 cm³/mol. The van der Waals surface area contributed by atoms with E-state index in [0.29, 0.717) is 10.6 Å². The number of rotatable bonds is 4. The Labute approximate surface area is 157 Å². The maximum atomic E-state index is 9.47. The lowest BCUT2D eigenvalue weighted by atomic mass is 9.92. The molecule has 0 atom stereocenters. The highest BCUT2D eigenvalue weighted by atomic mass is 32.1. The lowest BCUT2D eigenvalue weighted by Crippen LogP contribution is -2.12. The summed E-state index contributed by atoms with van der Waals surface area (Å²) < 4.78 is 1.86. The first kappa shape index (κ1) is 17.9. The number of aromatic nitrogens is 3. The van der Waals surface area contributed by atoms with E-state index in [0.717, 1.165) is 22.9 Å². The summed E-state index contributed by atoms with van der Waals surface area (Å²) in [4.78, 5) is 4.38. The van der Waals surface area contributed by atoms with Crippen LogP contribution in [0.25, 0.3) is 11.3 Å². The zero-order valence-corrected chi connectivity index (χ0v) is 16.1. The number of nitriles is 1. The van der Waals surface area contributed by atoms with Crippen molar-refractivity contribution in [3.63, 3.8) is 0 Å². The van der Waals surface area contributed by atoms with Crippen molar-refractivity contribution in [3.05, 3.63) is 64.4 Å². The normalized spacial score (nSPS) is 12.0. The van der Waals surface area contributed by atoms with Crippen molar-refractivity contribution >= 4 is 22.7 Å². The van der Waals surface area contributed by atoms with Crippen LogP contribution in [-0.4, -0.2) is 14.8 Å². The van der Waals surface area contributed by atoms with Gasteiger partial charge in [0.2, 0.25) is 0 Å². The molecule has 0 saturated heterocycles. The van der Waals surface area contributed by atoms with Crippen molar-refractivity contribution < 1.29 is 0 Å². The number of nitrogens with one attached hydrogen (secondary N) is 1. The topological polar surface area (TPSA) is 66.5 Å². The summed E-state index contributed by atoms with van der Waals surface area (Å²) in [7, 11) is 0. The van der Waals surface area contributed by atoms with Crippen LogP contribution in [0, 0.1) is 18.3 Å². The molecular formula is C20H21N5S. The van der Waals surface area contributed by atoms with Crippen molar-refractivity contribution in [1.82, 2.24) is 14.8 Å². The standard InChI is InChI=1S/C20H21N5S/c1-14-13-26-19(23-14)15(11-21)12-22-18-10-17(20(2,3)4)24-25(18)16-8-6-5-7-9-16/h5-10,12-13,22H,1-4H3/b15-12+. The summed E-state index contributed by atoms with van der Waals surface area (Å²) >= 11 is 1.46. The highest BCUT2D eigenvalue weighted by Gasteiger charge is 2.20. The molecule has 0 amide bonds. The molecule has 0 saturated carbocycles. The fourth-order valence-corrected chi connectivity index (χ4v) is 3.15. The number of hydrogen-bond acceptors (Lipinski definition) is 5. The molecule has 0 fully saturated rings. The van der Waals surface area contributed by atoms with Gasteiger partial charge in [-0.1, -0.05) is 39.0 Å². The molecule has 1 aromatic carbocycles. The Morgan fingerprint density at radius 1 is 1.27 bits per heavy atom. The largest absolute Gasteiger partial charge is 0.345 e. The molecule has 0 unspecified atom stereocenters. The van der Waals surface area contributed by atoms with E-state index in [2.05, 4.69) is 37.1 Å². The van der Waals surface area contributed by atoms with E-state index in [4.69, 9.17) is 5.10 Å². The monoisotopic (exact) mass is 363 g/mol. The molecule has 132 valence electrons. The maximum absolute atomic E-state index is 9.47. The van der Waals surface area contributed by atoms with Crippen LogP contribution in [0.4, 0.5) is 5.82 Å². The van der Waals surface area contributed by atoms with Gasteiger partial charge in [0, 0.05) is 28.8 Å². The number of anilines is 1. The first-order valence-corrected chi connectivity index (χ1v) is 9.22. The average molecular weight is 363 g/mol. The molecule has 2 aromatic heterocycles. The van der Waals surface area contributed by atoms with Crippen molar-refractivity contribution in [2.24, 2.45) is 0 Å². The summed E-state index contributed by atoms with van der Waals surface area (Å²) in [6.07, 6.45) is 1.70. The molecule has 3 rings (SSSR count). The van der Waals surface area contributed by atoms with E-state index in [1.165, 1.54) is 11.3 Å². The summed E-state index contributed by atoms with van der Waals surface area (Å²) in [5.41, 5.74) is 3.27. The van der Waals surface area contributed by atoms with Crippen LogP contribution in [0.3, 0.4) is 0 Å². The SMILES string of the molecule is Cc1csc(/C(C#N)=C/Nc2cc(C(C)(C)C)nn2-c2ccccc2)n1. The molecule has 0 aliphatic carbocycles. The van der Waals surface area contributed by atoms with E-state index in [-0.39, 0.29) is 5.41 Å². The zero-order valence-electron chi connectivity index (χ0n) is 15.3. The fraction of sp³-hybridized carbons (Fsp3) is 0.250. The van der Waals surface area contributed by atoms with Gasteiger partial charge in [-0.25, -0.2) is 9.67 Å². The summed E-state index contributed by atoms with van der Waals surface area (Å²) in [5.74, 6) is 0.808. The van der Waals surface area contributed by atoms with Gasteiger partial charge in [-0.05, 0) is 19.1 Å². The predicted octanol–water partition coefficient (Wildman–Crippen LogP) is 4.91. The Balaban J connectivity index is 2.00. The second kappa shape index (κ2) is 7.14. The Bertz CT molecular complexity index is 968. The van der Waals surface area contributed by atoms with Crippen LogP contribution in [0.15, 0.2) is 48.0 Å². The van der Waals surface area contributed by atoms with E-state index < -0.39 is 0 Å². The van der Waals surface area contributed by atoms with Gasteiger partial charge in [0.15, 0.2) is 0 Å². The summed E-state index contributed by atoms with van der Waals surface area (Å²) in [5, 5.41) is 20.1. The van der Waals surface area contributed by atoms with E-state index in [9.17, 15) is 5.26 Å². The maximum Gasteiger partial charge on any atom is 0.135 e. The number of para-hydroxylation sites is 1. The Morgan fingerprint density at radius 3 is 2.58 bits per heavy atom. The minimum atomic E-state index is -0.0787. The van der Waals surface area contributed by atoms with Crippen LogP contribution in [-0.2, 0) is 5.41 Å². The van der Waals surface area contributed by atoms with Crippen LogP contribution in [0.2, 0.25) is 0 Å². The number of benzene rings is 1. The number of thiazole rings is 1. The van der Waals surface area contributed by atoms with Crippen molar-refractivity contribution in [2.45, 2.75) is 33.1 Å². The van der Waals surface area contributed by atoms with E-state index in [1.54, 1.807) is 6.20 Å². The summed E-state index contributed by atoms with van der Waals surface area (Å²) in [6, 6.07) is 14.2. The minimum Gasteiger partial charge on any atom is -0.345 e. The lowest BCUT2D eigenvalue weighted by molar-refractivity contribution is 0.560. The second-order valence-corrected chi connectivity index (χ2v) is 7.88. The van der Waals surface area contributed by atoms with Gasteiger partial charge < -0.3 is 5.32 Å². The zero-order chi connectivity index (χ0) is 18.7. The molecule has 0 radical (unpaired) electrons. The second-order valence-electron chi connectivity index (χ2n) is 7.02.